The Bertz CT molecular complexity index is 1090. The molecule has 2 aromatic carbocycles. The zero-order valence-electron chi connectivity index (χ0n) is 16.9. The highest BCUT2D eigenvalue weighted by molar-refractivity contribution is 5.62. The number of aromatic nitrogens is 2. The monoisotopic (exact) mass is 410 g/mol. The highest BCUT2D eigenvalue weighted by Gasteiger charge is 2.19. The van der Waals surface area contributed by atoms with Gasteiger partial charge in [0.1, 0.15) is 23.9 Å². The van der Waals surface area contributed by atoms with E-state index in [1.165, 1.54) is 4.57 Å². The predicted molar refractivity (Wildman–Crippen MR) is 117 cm³/mol. The molecule has 30 heavy (non-hydrogen) atoms. The number of benzene rings is 2. The Morgan fingerprint density at radius 3 is 2.47 bits per heavy atom. The second-order valence-corrected chi connectivity index (χ2v) is 6.89. The minimum absolute atomic E-state index is 0.0527. The largest absolute Gasteiger partial charge is 0.491 e. The first-order valence-corrected chi connectivity index (χ1v) is 9.72. The minimum atomic E-state index is -0.592. The van der Waals surface area contributed by atoms with Gasteiger partial charge < -0.3 is 20.5 Å². The second kappa shape index (κ2) is 9.80. The third-order valence-electron chi connectivity index (χ3n) is 4.80. The van der Waals surface area contributed by atoms with Crippen molar-refractivity contribution >= 4 is 11.5 Å². The highest BCUT2D eigenvalue weighted by Crippen LogP contribution is 2.19. The Labute approximate surface area is 174 Å². The van der Waals surface area contributed by atoms with Gasteiger partial charge in [-0.2, -0.15) is 0 Å². The molecular formula is C22H26N4O4. The molecule has 8 nitrogen and oxygen atoms in total. The van der Waals surface area contributed by atoms with Crippen molar-refractivity contribution in [3.8, 4) is 5.75 Å². The number of H-pyrrole nitrogens is 1. The van der Waals surface area contributed by atoms with Crippen molar-refractivity contribution < 1.29 is 9.84 Å². The maximum Gasteiger partial charge on any atom is 0.330 e. The van der Waals surface area contributed by atoms with Crippen molar-refractivity contribution in [3.05, 3.63) is 86.6 Å². The summed E-state index contributed by atoms with van der Waals surface area (Å²) in [4.78, 5) is 28.9. The van der Waals surface area contributed by atoms with Crippen LogP contribution in [0.1, 0.15) is 11.1 Å². The van der Waals surface area contributed by atoms with Crippen LogP contribution in [0.4, 0.5) is 11.5 Å². The van der Waals surface area contributed by atoms with E-state index in [1.54, 1.807) is 4.90 Å². The number of aryl methyl sites for hydroxylation is 1. The third kappa shape index (κ3) is 4.90. The molecule has 8 heteroatoms. The maximum absolute atomic E-state index is 12.6. The fourth-order valence-corrected chi connectivity index (χ4v) is 3.25. The summed E-state index contributed by atoms with van der Waals surface area (Å²) in [6.07, 6.45) is 0. The first-order valence-electron chi connectivity index (χ1n) is 9.72. The number of hydrogen-bond donors (Lipinski definition) is 3. The van der Waals surface area contributed by atoms with Crippen LogP contribution in [-0.4, -0.2) is 41.0 Å². The summed E-state index contributed by atoms with van der Waals surface area (Å²) in [7, 11) is 0. The van der Waals surface area contributed by atoms with E-state index in [1.807, 2.05) is 61.5 Å². The van der Waals surface area contributed by atoms with Crippen LogP contribution in [0.5, 0.6) is 5.75 Å². The molecule has 4 N–H and O–H groups in total. The van der Waals surface area contributed by atoms with Crippen molar-refractivity contribution in [2.24, 2.45) is 0 Å². The molecule has 3 aromatic rings. The zero-order chi connectivity index (χ0) is 21.5. The molecule has 0 bridgehead atoms. The molecule has 0 aliphatic rings. The lowest BCUT2D eigenvalue weighted by Gasteiger charge is -2.25. The van der Waals surface area contributed by atoms with E-state index in [-0.39, 0.29) is 37.8 Å². The quantitative estimate of drug-likeness (QED) is 0.491. The molecule has 1 aromatic heterocycles. The topological polar surface area (TPSA) is 114 Å². The van der Waals surface area contributed by atoms with Gasteiger partial charge in [0, 0.05) is 6.54 Å². The predicted octanol–water partition coefficient (Wildman–Crippen LogP) is 1.35. The summed E-state index contributed by atoms with van der Waals surface area (Å²) in [5.74, 6) is 0.800. The van der Waals surface area contributed by atoms with Crippen molar-refractivity contribution in [1.29, 1.82) is 0 Å². The van der Waals surface area contributed by atoms with E-state index < -0.39 is 11.2 Å². The number of hydrogen-bond acceptors (Lipinski definition) is 6. The Morgan fingerprint density at radius 2 is 1.77 bits per heavy atom. The molecule has 0 amide bonds. The second-order valence-electron chi connectivity index (χ2n) is 6.89. The van der Waals surface area contributed by atoms with Crippen molar-refractivity contribution in [2.75, 3.05) is 36.9 Å². The fourth-order valence-electron chi connectivity index (χ4n) is 3.25. The van der Waals surface area contributed by atoms with Gasteiger partial charge in [0.25, 0.3) is 5.56 Å². The van der Waals surface area contributed by atoms with Crippen LogP contribution in [0, 0.1) is 6.92 Å². The summed E-state index contributed by atoms with van der Waals surface area (Å²) < 4.78 is 7.14. The molecular weight excluding hydrogens is 384 g/mol. The molecule has 0 unspecified atom stereocenters. The van der Waals surface area contributed by atoms with Gasteiger partial charge in [-0.25, -0.2) is 4.79 Å². The van der Waals surface area contributed by atoms with E-state index in [2.05, 4.69) is 4.98 Å². The average Bonchev–Trinajstić information content (AvgIpc) is 2.73. The van der Waals surface area contributed by atoms with E-state index in [4.69, 9.17) is 10.5 Å². The molecule has 0 atom stereocenters. The number of nitrogens with one attached hydrogen (secondary N) is 1. The number of ether oxygens (including phenoxy) is 1. The molecule has 0 aliphatic heterocycles. The van der Waals surface area contributed by atoms with Crippen LogP contribution in [0.25, 0.3) is 0 Å². The SMILES string of the molecule is Cc1ccccc1OCCN(CCO)c1c(N)n(Cc2ccccc2)c(=O)[nH]c1=O. The maximum atomic E-state index is 12.6. The number of aliphatic hydroxyl groups is 1. The van der Waals surface area contributed by atoms with Gasteiger partial charge in [0.05, 0.1) is 19.7 Å². The summed E-state index contributed by atoms with van der Waals surface area (Å²) in [5.41, 5.74) is 7.10. The lowest BCUT2D eigenvalue weighted by atomic mass is 10.2. The van der Waals surface area contributed by atoms with Gasteiger partial charge in [-0.05, 0) is 24.1 Å². The van der Waals surface area contributed by atoms with E-state index >= 15 is 0 Å². The summed E-state index contributed by atoms with van der Waals surface area (Å²) in [6, 6.07) is 17.0. The standard InChI is InChI=1S/C22H26N4O4/c1-16-7-5-6-10-18(16)30-14-12-25(11-13-27)19-20(23)26(22(29)24-21(19)28)15-17-8-3-2-4-9-17/h2-10,27H,11-15,23H2,1H3,(H,24,28,29). The number of para-hydroxylation sites is 1. The third-order valence-corrected chi connectivity index (χ3v) is 4.80. The van der Waals surface area contributed by atoms with Gasteiger partial charge >= 0.3 is 5.69 Å². The normalized spacial score (nSPS) is 10.7. The number of rotatable bonds is 9. The summed E-state index contributed by atoms with van der Waals surface area (Å²) in [5, 5.41) is 9.50. The average molecular weight is 410 g/mol. The molecule has 1 heterocycles. The van der Waals surface area contributed by atoms with Crippen LogP contribution in [-0.2, 0) is 6.54 Å². The molecule has 0 fully saturated rings. The Hall–Kier alpha value is -3.52. The lowest BCUT2D eigenvalue weighted by molar-refractivity contribution is 0.289. The van der Waals surface area contributed by atoms with Crippen molar-refractivity contribution in [3.63, 3.8) is 0 Å². The first-order chi connectivity index (χ1) is 14.5. The molecule has 0 saturated heterocycles. The Kier molecular flexibility index (Phi) is 6.92. The van der Waals surface area contributed by atoms with Gasteiger partial charge in [-0.3, -0.25) is 14.3 Å². The number of aliphatic hydroxyl groups excluding tert-OH is 1. The molecule has 3 rings (SSSR count). The Morgan fingerprint density at radius 1 is 1.07 bits per heavy atom. The smallest absolute Gasteiger partial charge is 0.330 e. The van der Waals surface area contributed by atoms with Crippen LogP contribution in [0.3, 0.4) is 0 Å². The Balaban J connectivity index is 1.86. The van der Waals surface area contributed by atoms with Gasteiger partial charge in [0.2, 0.25) is 0 Å². The van der Waals surface area contributed by atoms with E-state index in [9.17, 15) is 14.7 Å². The van der Waals surface area contributed by atoms with Crippen LogP contribution in [0.15, 0.2) is 64.2 Å². The molecule has 0 saturated carbocycles. The van der Waals surface area contributed by atoms with Crippen molar-refractivity contribution in [1.82, 2.24) is 9.55 Å². The molecule has 0 spiro atoms. The zero-order valence-corrected chi connectivity index (χ0v) is 16.9. The number of nitrogen functional groups attached to an aromatic ring is 1. The van der Waals surface area contributed by atoms with E-state index in [0.29, 0.717) is 6.54 Å². The van der Waals surface area contributed by atoms with Gasteiger partial charge in [0.15, 0.2) is 0 Å². The summed E-state index contributed by atoms with van der Waals surface area (Å²) >= 11 is 0. The van der Waals surface area contributed by atoms with E-state index in [0.717, 1.165) is 16.9 Å². The first kappa shape index (κ1) is 21.2. The molecule has 0 radical (unpaired) electrons. The van der Waals surface area contributed by atoms with Crippen LogP contribution >= 0.6 is 0 Å². The number of nitrogens with two attached hydrogens (primary N) is 1. The van der Waals surface area contributed by atoms with Gasteiger partial charge in [-0.1, -0.05) is 48.5 Å². The van der Waals surface area contributed by atoms with Crippen molar-refractivity contribution in [2.45, 2.75) is 13.5 Å². The fraction of sp³-hybridized carbons (Fsp3) is 0.273. The number of nitrogens with zero attached hydrogens (tertiary/aromatic N) is 2. The molecule has 158 valence electrons. The van der Waals surface area contributed by atoms with Crippen LogP contribution in [0.2, 0.25) is 0 Å². The lowest BCUT2D eigenvalue weighted by Crippen LogP contribution is -2.41. The highest BCUT2D eigenvalue weighted by atomic mass is 16.5. The van der Waals surface area contributed by atoms with Crippen LogP contribution < -0.4 is 26.6 Å². The van der Waals surface area contributed by atoms with Gasteiger partial charge in [-0.15, -0.1) is 0 Å². The molecule has 0 aliphatic carbocycles. The minimum Gasteiger partial charge on any atom is -0.491 e. The summed E-state index contributed by atoms with van der Waals surface area (Å²) in [6.45, 7) is 2.76. The number of anilines is 2. The number of aromatic amines is 1.